The molecular weight excluding hydrogens is 446 g/mol. The maximum absolute atomic E-state index is 11.7. The summed E-state index contributed by atoms with van der Waals surface area (Å²) in [4.78, 5) is -1.28. The lowest BCUT2D eigenvalue weighted by Crippen LogP contribution is -2.13. The number of fused-ring (bicyclic) bond motifs is 3. The number of aryl methyl sites for hydroxylation is 1. The van der Waals surface area contributed by atoms with Gasteiger partial charge in [-0.3, -0.25) is 9.11 Å². The molecule has 0 fully saturated rings. The minimum atomic E-state index is -4.74. The van der Waals surface area contributed by atoms with Gasteiger partial charge in [0.15, 0.2) is 11.5 Å². The van der Waals surface area contributed by atoms with Crippen LogP contribution in [-0.4, -0.2) is 35.7 Å². The van der Waals surface area contributed by atoms with Gasteiger partial charge in [-0.1, -0.05) is 24.8 Å². The number of nitrogens with zero attached hydrogens (tertiary/aromatic N) is 4. The average Bonchev–Trinajstić information content (AvgIpc) is 3.00. The normalized spacial score (nSPS) is 13.7. The highest BCUT2D eigenvalue weighted by atomic mass is 32.2. The molecule has 31 heavy (non-hydrogen) atoms. The third-order valence-electron chi connectivity index (χ3n) is 4.52. The molecule has 0 saturated heterocycles. The molecule has 0 aliphatic carbocycles. The van der Waals surface area contributed by atoms with Gasteiger partial charge in [0.05, 0.1) is 16.3 Å². The number of hydrogen-bond acceptors (Lipinski definition) is 8. The third kappa shape index (κ3) is 3.74. The van der Waals surface area contributed by atoms with E-state index in [0.29, 0.717) is 17.2 Å². The van der Waals surface area contributed by atoms with Gasteiger partial charge < -0.3 is 5.32 Å². The van der Waals surface area contributed by atoms with Crippen LogP contribution < -0.4 is 5.32 Å². The monoisotopic (exact) mass is 461 g/mol. The van der Waals surface area contributed by atoms with Crippen molar-refractivity contribution in [3.05, 3.63) is 60.3 Å². The lowest BCUT2D eigenvalue weighted by Gasteiger charge is -2.21. The number of aromatic nitrogens is 2. The van der Waals surface area contributed by atoms with Crippen molar-refractivity contribution in [1.29, 1.82) is 0 Å². The summed E-state index contributed by atoms with van der Waals surface area (Å²) in [5, 5.41) is 15.4. The molecule has 160 valence electrons. The average molecular weight is 461 g/mol. The van der Waals surface area contributed by atoms with Gasteiger partial charge in [0, 0.05) is 11.3 Å². The molecule has 0 radical (unpaired) electrons. The molecule has 3 N–H and O–H groups in total. The Kier molecular flexibility index (Phi) is 4.77. The van der Waals surface area contributed by atoms with Gasteiger partial charge in [0.1, 0.15) is 10.6 Å². The van der Waals surface area contributed by atoms with Crippen molar-refractivity contribution < 1.29 is 25.9 Å². The van der Waals surface area contributed by atoms with Crippen molar-refractivity contribution in [2.45, 2.75) is 16.7 Å². The van der Waals surface area contributed by atoms with Crippen LogP contribution in [-0.2, 0) is 20.2 Å². The predicted octanol–water partition coefficient (Wildman–Crippen LogP) is 3.49. The van der Waals surface area contributed by atoms with Gasteiger partial charge in [0.2, 0.25) is 0 Å². The summed E-state index contributed by atoms with van der Waals surface area (Å²) >= 11 is 0. The topological polar surface area (TPSA) is 163 Å². The number of hydrogen-bond donors (Lipinski definition) is 3. The maximum Gasteiger partial charge on any atom is 0.296 e. The van der Waals surface area contributed by atoms with Gasteiger partial charge in [-0.25, -0.2) is 4.68 Å². The van der Waals surface area contributed by atoms with Gasteiger partial charge in [0.25, 0.3) is 20.2 Å². The van der Waals surface area contributed by atoms with E-state index in [9.17, 15) is 25.9 Å². The van der Waals surface area contributed by atoms with Crippen molar-refractivity contribution in [2.24, 2.45) is 10.2 Å². The summed E-state index contributed by atoms with van der Waals surface area (Å²) in [6, 6.07) is 9.81. The molecule has 1 aromatic heterocycles. The molecule has 1 aliphatic rings. The van der Waals surface area contributed by atoms with Crippen LogP contribution in [0.2, 0.25) is 0 Å². The lowest BCUT2D eigenvalue weighted by atomic mass is 10.1. The van der Waals surface area contributed by atoms with E-state index in [2.05, 4.69) is 27.2 Å². The van der Waals surface area contributed by atoms with E-state index in [4.69, 9.17) is 0 Å². The van der Waals surface area contributed by atoms with E-state index in [0.717, 1.165) is 29.4 Å². The predicted molar refractivity (Wildman–Crippen MR) is 111 cm³/mol. The van der Waals surface area contributed by atoms with Gasteiger partial charge >= 0.3 is 0 Å². The summed E-state index contributed by atoms with van der Waals surface area (Å²) in [5.41, 5.74) is 2.37. The molecule has 13 heteroatoms. The molecule has 1 aliphatic heterocycles. The zero-order valence-electron chi connectivity index (χ0n) is 15.9. The number of anilines is 1. The van der Waals surface area contributed by atoms with Gasteiger partial charge in [-0.2, -0.15) is 21.9 Å². The molecule has 0 bridgehead atoms. The molecule has 0 unspecified atom stereocenters. The Labute approximate surface area is 177 Å². The first-order valence-corrected chi connectivity index (χ1v) is 11.5. The lowest BCUT2D eigenvalue weighted by molar-refractivity contribution is 0.478. The molecule has 0 spiro atoms. The molecule has 0 atom stereocenters. The van der Waals surface area contributed by atoms with Gasteiger partial charge in [-0.15, -0.1) is 10.2 Å². The summed E-state index contributed by atoms with van der Waals surface area (Å²) in [6.07, 6.45) is 0. The number of para-hydroxylation sites is 1. The first-order chi connectivity index (χ1) is 14.5. The first kappa shape index (κ1) is 20.9. The number of nitrogens with one attached hydrogen (secondary N) is 1. The van der Waals surface area contributed by atoms with E-state index in [1.54, 1.807) is 11.6 Å². The smallest absolute Gasteiger partial charge is 0.296 e. The van der Waals surface area contributed by atoms with E-state index in [-0.39, 0.29) is 5.69 Å². The third-order valence-corrected chi connectivity index (χ3v) is 6.27. The fraction of sp³-hybridized carbons (Fsp3) is 0.0556. The second kappa shape index (κ2) is 7.09. The van der Waals surface area contributed by atoms with E-state index >= 15 is 0 Å². The Morgan fingerprint density at radius 2 is 1.74 bits per heavy atom. The standard InChI is InChI=1S/C18H15N5O6S2/c1-10-13-5-3-4-6-15(13)23-18(19-10)17(11(2)22-23)21-20-14-9-12(30(24,25)26)7-8-16(14)31(27,28)29/h3-9,19H,1H2,2H3,(H,24,25,26)(H,27,28,29)/b21-20+. The molecule has 2 heterocycles. The summed E-state index contributed by atoms with van der Waals surface area (Å²) in [7, 11) is -9.39. The minimum absolute atomic E-state index is 0.245. The quantitative estimate of drug-likeness (QED) is 0.392. The van der Waals surface area contributed by atoms with Crippen LogP contribution in [0.25, 0.3) is 11.4 Å². The van der Waals surface area contributed by atoms with Crippen molar-refractivity contribution in [2.75, 3.05) is 5.32 Å². The molecular formula is C18H15N5O6S2. The van der Waals surface area contributed by atoms with Crippen LogP contribution in [0, 0.1) is 6.92 Å². The highest BCUT2D eigenvalue weighted by Gasteiger charge is 2.25. The maximum atomic E-state index is 11.7. The largest absolute Gasteiger partial charge is 0.338 e. The Morgan fingerprint density at radius 3 is 2.42 bits per heavy atom. The van der Waals surface area contributed by atoms with Crippen LogP contribution in [0.1, 0.15) is 11.3 Å². The van der Waals surface area contributed by atoms with Crippen LogP contribution in [0.4, 0.5) is 17.2 Å². The molecule has 0 amide bonds. The molecule has 3 aromatic rings. The van der Waals surface area contributed by atoms with Gasteiger partial charge in [-0.05, 0) is 31.2 Å². The van der Waals surface area contributed by atoms with Crippen LogP contribution >= 0.6 is 0 Å². The SMILES string of the molecule is C=C1Nc2c(/N=N/c3cc(S(=O)(=O)O)ccc3S(=O)(=O)O)c(C)nn2-c2ccccc21. The van der Waals surface area contributed by atoms with E-state index < -0.39 is 35.7 Å². The fourth-order valence-corrected chi connectivity index (χ4v) is 4.21. The Morgan fingerprint density at radius 1 is 1.03 bits per heavy atom. The van der Waals surface area contributed by atoms with Crippen LogP contribution in [0.3, 0.4) is 0 Å². The summed E-state index contributed by atoms with van der Waals surface area (Å²) < 4.78 is 66.4. The molecule has 4 rings (SSSR count). The second-order valence-electron chi connectivity index (χ2n) is 6.59. The van der Waals surface area contributed by atoms with E-state index in [1.165, 1.54) is 0 Å². The molecule has 11 nitrogen and oxygen atoms in total. The number of benzene rings is 2. The zero-order valence-corrected chi connectivity index (χ0v) is 17.5. The Hall–Kier alpha value is -3.39. The minimum Gasteiger partial charge on any atom is -0.338 e. The fourth-order valence-electron chi connectivity index (χ4n) is 3.11. The Bertz CT molecular complexity index is 1490. The van der Waals surface area contributed by atoms with Crippen LogP contribution in [0.5, 0.6) is 0 Å². The number of azo groups is 1. The second-order valence-corrected chi connectivity index (χ2v) is 9.41. The molecule has 0 saturated carbocycles. The number of rotatable bonds is 4. The highest BCUT2D eigenvalue weighted by molar-refractivity contribution is 7.86. The van der Waals surface area contributed by atoms with Crippen molar-refractivity contribution in [1.82, 2.24) is 9.78 Å². The Balaban J connectivity index is 1.87. The van der Waals surface area contributed by atoms with Crippen molar-refractivity contribution in [3.63, 3.8) is 0 Å². The zero-order chi connectivity index (χ0) is 22.6. The van der Waals surface area contributed by atoms with Crippen LogP contribution in [0.15, 0.2) is 69.1 Å². The van der Waals surface area contributed by atoms with Crippen molar-refractivity contribution >= 4 is 43.1 Å². The summed E-state index contributed by atoms with van der Waals surface area (Å²) in [5.74, 6) is 0.421. The highest BCUT2D eigenvalue weighted by Crippen LogP contribution is 2.40. The first-order valence-electron chi connectivity index (χ1n) is 8.63. The van der Waals surface area contributed by atoms with E-state index in [1.807, 2.05) is 24.3 Å². The summed E-state index contributed by atoms with van der Waals surface area (Å²) in [6.45, 7) is 5.63. The van der Waals surface area contributed by atoms with Crippen molar-refractivity contribution in [3.8, 4) is 5.69 Å². The molecule has 2 aromatic carbocycles.